The van der Waals surface area contributed by atoms with Gasteiger partial charge in [0.25, 0.3) is 0 Å². The van der Waals surface area contributed by atoms with E-state index in [0.29, 0.717) is 52.7 Å². The predicted octanol–water partition coefficient (Wildman–Crippen LogP) is 5.82. The van der Waals surface area contributed by atoms with Crippen molar-refractivity contribution in [2.45, 2.75) is 32.6 Å². The SMILES string of the molecule is CC1(C)CC(=O)C2=C(C1)Oc1ncn3nc(-c4ccc5ccccc5c4O)nc3c1[C@H]2c1ccccc1. The molecule has 5 aromatic rings. The van der Waals surface area contributed by atoms with Crippen LogP contribution in [0.5, 0.6) is 11.6 Å². The highest BCUT2D eigenvalue weighted by Gasteiger charge is 2.44. The standard InChI is InChI=1S/C30H24N4O3/c1-30(2)14-21(35)24-22(15-30)37-29-25(23(24)18-9-4-3-5-10-18)28-32-27(33-34(28)16-31-29)20-13-12-17-8-6-7-11-19(17)26(20)36/h3-13,16,23,36H,14-15H2,1-2H3/t23-/m0/s1. The van der Waals surface area contributed by atoms with Crippen molar-refractivity contribution in [1.82, 2.24) is 19.6 Å². The maximum Gasteiger partial charge on any atom is 0.228 e. The average Bonchev–Trinajstić information content (AvgIpc) is 3.32. The highest BCUT2D eigenvalue weighted by Crippen LogP contribution is 2.50. The van der Waals surface area contributed by atoms with Gasteiger partial charge in [-0.25, -0.2) is 14.5 Å². The molecule has 0 amide bonds. The summed E-state index contributed by atoms with van der Waals surface area (Å²) < 4.78 is 7.92. The zero-order valence-corrected chi connectivity index (χ0v) is 20.5. The number of ether oxygens (including phenoxy) is 1. The Morgan fingerprint density at radius 3 is 2.62 bits per heavy atom. The molecule has 7 heteroatoms. The highest BCUT2D eigenvalue weighted by molar-refractivity contribution is 6.00. The molecule has 0 saturated heterocycles. The number of allylic oxidation sites excluding steroid dienone is 2. The lowest BCUT2D eigenvalue weighted by atomic mass is 9.70. The van der Waals surface area contributed by atoms with Gasteiger partial charge in [0.2, 0.25) is 5.88 Å². The van der Waals surface area contributed by atoms with E-state index in [2.05, 4.69) is 23.9 Å². The average molecular weight is 489 g/mol. The number of benzene rings is 3. The van der Waals surface area contributed by atoms with Crippen molar-refractivity contribution in [3.05, 3.63) is 95.5 Å². The van der Waals surface area contributed by atoms with Crippen LogP contribution in [0.25, 0.3) is 27.8 Å². The number of hydrogen-bond donors (Lipinski definition) is 1. The van der Waals surface area contributed by atoms with E-state index in [1.165, 1.54) is 0 Å². The first-order chi connectivity index (χ1) is 17.9. The minimum absolute atomic E-state index is 0.0830. The fourth-order valence-corrected chi connectivity index (χ4v) is 5.67. The third-order valence-corrected chi connectivity index (χ3v) is 7.34. The molecule has 7 rings (SSSR count). The fourth-order valence-electron chi connectivity index (χ4n) is 5.67. The van der Waals surface area contributed by atoms with Crippen molar-refractivity contribution >= 4 is 22.2 Å². The summed E-state index contributed by atoms with van der Waals surface area (Å²) in [6, 6.07) is 21.4. The van der Waals surface area contributed by atoms with E-state index < -0.39 is 0 Å². The van der Waals surface area contributed by atoms with Gasteiger partial charge in [0.1, 0.15) is 17.8 Å². The Morgan fingerprint density at radius 2 is 1.78 bits per heavy atom. The van der Waals surface area contributed by atoms with Gasteiger partial charge < -0.3 is 9.84 Å². The van der Waals surface area contributed by atoms with Gasteiger partial charge in [0, 0.05) is 29.7 Å². The lowest BCUT2D eigenvalue weighted by Crippen LogP contribution is -2.33. The van der Waals surface area contributed by atoms with E-state index in [4.69, 9.17) is 9.72 Å². The number of carbonyl (C=O) groups is 1. The predicted molar refractivity (Wildman–Crippen MR) is 139 cm³/mol. The van der Waals surface area contributed by atoms with Gasteiger partial charge in [0.05, 0.1) is 11.1 Å². The Morgan fingerprint density at radius 1 is 1.00 bits per heavy atom. The van der Waals surface area contributed by atoms with Gasteiger partial charge in [-0.05, 0) is 22.4 Å². The number of Topliss-reactive ketones (excluding diaryl/α,β-unsaturated/α-hetero) is 1. The minimum Gasteiger partial charge on any atom is -0.507 e. The highest BCUT2D eigenvalue weighted by atomic mass is 16.5. The number of nitrogens with zero attached hydrogens (tertiary/aromatic N) is 4. The molecule has 0 radical (unpaired) electrons. The van der Waals surface area contributed by atoms with E-state index in [1.54, 1.807) is 10.8 Å². The molecule has 2 aromatic heterocycles. The van der Waals surface area contributed by atoms with Crippen LogP contribution in [-0.2, 0) is 4.79 Å². The van der Waals surface area contributed by atoms with Crippen LogP contribution >= 0.6 is 0 Å². The molecule has 3 aromatic carbocycles. The van der Waals surface area contributed by atoms with Crippen molar-refractivity contribution < 1.29 is 14.6 Å². The number of phenolic OH excluding ortho intramolecular Hbond substituents is 1. The van der Waals surface area contributed by atoms with Crippen LogP contribution in [-0.4, -0.2) is 30.5 Å². The Bertz CT molecular complexity index is 1770. The second-order valence-electron chi connectivity index (χ2n) is 10.6. The number of fused-ring (bicyclic) bond motifs is 4. The van der Waals surface area contributed by atoms with Crippen LogP contribution in [0.2, 0.25) is 0 Å². The maximum atomic E-state index is 13.5. The molecular weight excluding hydrogens is 464 g/mol. The molecule has 0 unspecified atom stereocenters. The molecule has 1 atom stereocenters. The number of aromatic nitrogens is 4. The number of hydrogen-bond acceptors (Lipinski definition) is 6. The van der Waals surface area contributed by atoms with Gasteiger partial charge in [-0.3, -0.25) is 4.79 Å². The molecule has 7 nitrogen and oxygen atoms in total. The van der Waals surface area contributed by atoms with Gasteiger partial charge in [-0.1, -0.05) is 74.5 Å². The van der Waals surface area contributed by atoms with E-state index in [9.17, 15) is 9.90 Å². The van der Waals surface area contributed by atoms with Crippen LogP contribution in [0.1, 0.15) is 43.7 Å². The number of ketones is 1. The second kappa shape index (κ2) is 7.74. The van der Waals surface area contributed by atoms with Crippen LogP contribution in [0.4, 0.5) is 0 Å². The molecule has 0 bridgehead atoms. The summed E-state index contributed by atoms with van der Waals surface area (Å²) in [5, 5.41) is 17.4. The molecule has 0 fully saturated rings. The summed E-state index contributed by atoms with van der Waals surface area (Å²) in [6.07, 6.45) is 2.69. The van der Waals surface area contributed by atoms with Crippen molar-refractivity contribution in [3.63, 3.8) is 0 Å². The summed E-state index contributed by atoms with van der Waals surface area (Å²) in [6.45, 7) is 4.17. The first kappa shape index (κ1) is 21.7. The quantitative estimate of drug-likeness (QED) is 0.337. The normalized spacial score (nSPS) is 18.5. The van der Waals surface area contributed by atoms with Gasteiger partial charge >= 0.3 is 0 Å². The molecule has 0 spiro atoms. The van der Waals surface area contributed by atoms with E-state index in [1.807, 2.05) is 66.7 Å². The summed E-state index contributed by atoms with van der Waals surface area (Å²) >= 11 is 0. The lowest BCUT2D eigenvalue weighted by Gasteiger charge is -2.37. The third-order valence-electron chi connectivity index (χ3n) is 7.34. The molecule has 1 aliphatic heterocycles. The second-order valence-corrected chi connectivity index (χ2v) is 10.6. The molecule has 182 valence electrons. The number of aromatic hydroxyl groups is 1. The largest absolute Gasteiger partial charge is 0.507 e. The summed E-state index contributed by atoms with van der Waals surface area (Å²) in [7, 11) is 0. The third kappa shape index (κ3) is 3.34. The zero-order valence-electron chi connectivity index (χ0n) is 20.5. The van der Waals surface area contributed by atoms with Gasteiger partial charge in [0.15, 0.2) is 17.3 Å². The van der Waals surface area contributed by atoms with Crippen molar-refractivity contribution in [2.75, 3.05) is 0 Å². The fraction of sp³-hybridized carbons (Fsp3) is 0.200. The van der Waals surface area contributed by atoms with Crippen molar-refractivity contribution in [1.29, 1.82) is 0 Å². The van der Waals surface area contributed by atoms with Crippen molar-refractivity contribution in [3.8, 4) is 23.0 Å². The summed E-state index contributed by atoms with van der Waals surface area (Å²) in [5.41, 5.74) is 3.24. The minimum atomic E-state index is -0.373. The van der Waals surface area contributed by atoms with Crippen LogP contribution in [0.3, 0.4) is 0 Å². The maximum absolute atomic E-state index is 13.5. The van der Waals surface area contributed by atoms with Gasteiger partial charge in [-0.2, -0.15) is 0 Å². The molecule has 0 saturated carbocycles. The smallest absolute Gasteiger partial charge is 0.228 e. The summed E-state index contributed by atoms with van der Waals surface area (Å²) in [5.74, 6) is 1.34. The molecule has 1 aliphatic carbocycles. The van der Waals surface area contributed by atoms with E-state index in [0.717, 1.165) is 16.3 Å². The number of carbonyl (C=O) groups excluding carboxylic acids is 1. The van der Waals surface area contributed by atoms with E-state index in [-0.39, 0.29) is 22.9 Å². The Labute approximate surface area is 213 Å². The van der Waals surface area contributed by atoms with Gasteiger partial charge in [-0.15, -0.1) is 5.10 Å². The Kier molecular flexibility index (Phi) is 4.55. The van der Waals surface area contributed by atoms with Crippen LogP contribution < -0.4 is 4.74 Å². The molecule has 3 heterocycles. The Hall–Kier alpha value is -4.52. The number of rotatable bonds is 2. The van der Waals surface area contributed by atoms with Crippen LogP contribution in [0.15, 0.2) is 84.4 Å². The van der Waals surface area contributed by atoms with E-state index >= 15 is 0 Å². The Balaban J connectivity index is 1.46. The first-order valence-corrected chi connectivity index (χ1v) is 12.3. The van der Waals surface area contributed by atoms with Crippen LogP contribution in [0, 0.1) is 5.41 Å². The molecular formula is C30H24N4O3. The molecule has 37 heavy (non-hydrogen) atoms. The topological polar surface area (TPSA) is 89.6 Å². The molecule has 2 aliphatic rings. The molecule has 1 N–H and O–H groups in total. The summed E-state index contributed by atoms with van der Waals surface area (Å²) in [4.78, 5) is 23.0. The first-order valence-electron chi connectivity index (χ1n) is 12.3. The lowest BCUT2D eigenvalue weighted by molar-refractivity contribution is -0.118. The monoisotopic (exact) mass is 488 g/mol. The number of phenols is 1. The zero-order chi connectivity index (χ0) is 25.3. The van der Waals surface area contributed by atoms with Crippen molar-refractivity contribution in [2.24, 2.45) is 5.41 Å².